The van der Waals surface area contributed by atoms with E-state index in [0.29, 0.717) is 21.5 Å². The number of pyridine rings is 1. The van der Waals surface area contributed by atoms with Gasteiger partial charge >= 0.3 is 0 Å². The Balaban J connectivity index is 2.00. The standard InChI is InChI=1S/C15H14Cl2N2O2/c1-9-7-11(5-6-18-9)19-15(20)10(2)21-12-3-4-13(16)14(17)8-12/h3-8,10H,1-2H3,(H,18,19,20). The zero-order valence-corrected chi connectivity index (χ0v) is 13.1. The third-order valence-electron chi connectivity index (χ3n) is 2.74. The maximum Gasteiger partial charge on any atom is 0.265 e. The van der Waals surface area contributed by atoms with Crippen molar-refractivity contribution in [2.45, 2.75) is 20.0 Å². The van der Waals surface area contributed by atoms with Gasteiger partial charge in [-0.3, -0.25) is 9.78 Å². The van der Waals surface area contributed by atoms with Crippen LogP contribution in [0, 0.1) is 6.92 Å². The lowest BCUT2D eigenvalue weighted by molar-refractivity contribution is -0.122. The van der Waals surface area contributed by atoms with Crippen LogP contribution in [0.2, 0.25) is 10.0 Å². The Morgan fingerprint density at radius 3 is 2.67 bits per heavy atom. The lowest BCUT2D eigenvalue weighted by atomic mass is 10.3. The first-order valence-electron chi connectivity index (χ1n) is 6.31. The average Bonchev–Trinajstić information content (AvgIpc) is 2.43. The number of rotatable bonds is 4. The molecule has 4 nitrogen and oxygen atoms in total. The van der Waals surface area contributed by atoms with Crippen LogP contribution in [0.15, 0.2) is 36.5 Å². The number of anilines is 1. The summed E-state index contributed by atoms with van der Waals surface area (Å²) in [5, 5.41) is 3.59. The van der Waals surface area contributed by atoms with Crippen LogP contribution in [0.25, 0.3) is 0 Å². The Morgan fingerprint density at radius 1 is 1.24 bits per heavy atom. The van der Waals surface area contributed by atoms with E-state index in [1.54, 1.807) is 43.5 Å². The van der Waals surface area contributed by atoms with E-state index in [1.807, 2.05) is 6.92 Å². The third-order valence-corrected chi connectivity index (χ3v) is 3.48. The van der Waals surface area contributed by atoms with Gasteiger partial charge in [-0.1, -0.05) is 23.2 Å². The number of aryl methyl sites for hydroxylation is 1. The predicted octanol–water partition coefficient (Wildman–Crippen LogP) is 4.10. The SMILES string of the molecule is Cc1cc(NC(=O)C(C)Oc2ccc(Cl)c(Cl)c2)ccn1. The zero-order chi connectivity index (χ0) is 15.4. The molecule has 6 heteroatoms. The Kier molecular flexibility index (Phi) is 5.04. The average molecular weight is 325 g/mol. The molecule has 0 saturated heterocycles. The second-order valence-corrected chi connectivity index (χ2v) is 5.33. The lowest BCUT2D eigenvalue weighted by Crippen LogP contribution is -2.30. The minimum Gasteiger partial charge on any atom is -0.481 e. The number of nitrogens with zero attached hydrogens (tertiary/aromatic N) is 1. The fourth-order valence-corrected chi connectivity index (χ4v) is 1.96. The normalized spacial score (nSPS) is 11.8. The van der Waals surface area contributed by atoms with Gasteiger partial charge in [-0.05, 0) is 38.1 Å². The van der Waals surface area contributed by atoms with Gasteiger partial charge < -0.3 is 10.1 Å². The Hall–Kier alpha value is -1.78. The maximum absolute atomic E-state index is 12.1. The fraction of sp³-hybridized carbons (Fsp3) is 0.200. The summed E-state index contributed by atoms with van der Waals surface area (Å²) in [6.45, 7) is 3.51. The summed E-state index contributed by atoms with van der Waals surface area (Å²) in [5.74, 6) is 0.227. The van der Waals surface area contributed by atoms with Gasteiger partial charge in [-0.25, -0.2) is 0 Å². The van der Waals surface area contributed by atoms with E-state index in [-0.39, 0.29) is 5.91 Å². The number of hydrogen-bond donors (Lipinski definition) is 1. The Morgan fingerprint density at radius 2 is 2.00 bits per heavy atom. The predicted molar refractivity (Wildman–Crippen MR) is 84.2 cm³/mol. The third kappa shape index (κ3) is 4.34. The summed E-state index contributed by atoms with van der Waals surface area (Å²) in [6, 6.07) is 8.36. The highest BCUT2D eigenvalue weighted by Crippen LogP contribution is 2.26. The van der Waals surface area contributed by atoms with E-state index < -0.39 is 6.10 Å². The molecular formula is C15H14Cl2N2O2. The molecule has 0 spiro atoms. The number of aromatic nitrogens is 1. The van der Waals surface area contributed by atoms with Crippen LogP contribution < -0.4 is 10.1 Å². The fourth-order valence-electron chi connectivity index (χ4n) is 1.68. The number of amides is 1. The summed E-state index contributed by atoms with van der Waals surface area (Å²) < 4.78 is 5.54. The molecule has 0 saturated carbocycles. The number of halogens is 2. The summed E-state index contributed by atoms with van der Waals surface area (Å²) in [6.07, 6.45) is 0.964. The molecule has 1 aromatic carbocycles. The van der Waals surface area contributed by atoms with Crippen molar-refractivity contribution in [2.75, 3.05) is 5.32 Å². The van der Waals surface area contributed by atoms with E-state index >= 15 is 0 Å². The first-order chi connectivity index (χ1) is 9.95. The molecule has 21 heavy (non-hydrogen) atoms. The van der Waals surface area contributed by atoms with Gasteiger partial charge in [-0.15, -0.1) is 0 Å². The van der Waals surface area contributed by atoms with E-state index in [2.05, 4.69) is 10.3 Å². The zero-order valence-electron chi connectivity index (χ0n) is 11.6. The highest BCUT2D eigenvalue weighted by Gasteiger charge is 2.15. The highest BCUT2D eigenvalue weighted by molar-refractivity contribution is 6.42. The summed E-state index contributed by atoms with van der Waals surface area (Å²) in [5.41, 5.74) is 1.50. The van der Waals surface area contributed by atoms with Crippen molar-refractivity contribution in [2.24, 2.45) is 0 Å². The lowest BCUT2D eigenvalue weighted by Gasteiger charge is -2.15. The molecule has 1 heterocycles. The first-order valence-corrected chi connectivity index (χ1v) is 7.06. The van der Waals surface area contributed by atoms with Gasteiger partial charge in [0, 0.05) is 23.6 Å². The maximum atomic E-state index is 12.1. The molecule has 0 aliphatic carbocycles. The minimum absolute atomic E-state index is 0.258. The van der Waals surface area contributed by atoms with E-state index in [1.165, 1.54) is 0 Å². The molecule has 0 aliphatic heterocycles. The number of carbonyl (C=O) groups is 1. The first kappa shape index (κ1) is 15.6. The molecule has 1 atom stereocenters. The van der Waals surface area contributed by atoms with Crippen LogP contribution in [-0.2, 0) is 4.79 Å². The molecule has 0 bridgehead atoms. The van der Waals surface area contributed by atoms with Crippen LogP contribution >= 0.6 is 23.2 Å². The monoisotopic (exact) mass is 324 g/mol. The van der Waals surface area contributed by atoms with Gasteiger partial charge in [0.15, 0.2) is 6.10 Å². The van der Waals surface area contributed by atoms with Crippen LogP contribution in [0.3, 0.4) is 0 Å². The molecule has 1 amide bonds. The van der Waals surface area contributed by atoms with Crippen molar-refractivity contribution in [3.05, 3.63) is 52.3 Å². The van der Waals surface area contributed by atoms with E-state index in [4.69, 9.17) is 27.9 Å². The van der Waals surface area contributed by atoms with Gasteiger partial charge in [0.05, 0.1) is 10.0 Å². The molecule has 0 radical (unpaired) electrons. The van der Waals surface area contributed by atoms with Gasteiger partial charge in [0.25, 0.3) is 5.91 Å². The summed E-state index contributed by atoms with van der Waals surface area (Å²) in [4.78, 5) is 16.1. The second kappa shape index (κ2) is 6.78. The quantitative estimate of drug-likeness (QED) is 0.921. The topological polar surface area (TPSA) is 51.2 Å². The largest absolute Gasteiger partial charge is 0.481 e. The molecule has 2 rings (SSSR count). The molecule has 0 aliphatic rings. The molecule has 1 aromatic heterocycles. The van der Waals surface area contributed by atoms with E-state index in [0.717, 1.165) is 5.69 Å². The minimum atomic E-state index is -0.671. The molecule has 1 N–H and O–H groups in total. The van der Waals surface area contributed by atoms with Crippen LogP contribution in [0.5, 0.6) is 5.75 Å². The molecule has 1 unspecified atom stereocenters. The van der Waals surface area contributed by atoms with Crippen LogP contribution in [-0.4, -0.2) is 17.0 Å². The van der Waals surface area contributed by atoms with E-state index in [9.17, 15) is 4.79 Å². The molecule has 2 aromatic rings. The Labute approximate surface area is 133 Å². The van der Waals surface area contributed by atoms with Crippen molar-refractivity contribution >= 4 is 34.8 Å². The number of carbonyl (C=O) groups excluding carboxylic acids is 1. The number of benzene rings is 1. The van der Waals surface area contributed by atoms with Crippen molar-refractivity contribution in [1.29, 1.82) is 0 Å². The van der Waals surface area contributed by atoms with Gasteiger partial charge in [-0.2, -0.15) is 0 Å². The van der Waals surface area contributed by atoms with Gasteiger partial charge in [0.2, 0.25) is 0 Å². The summed E-state index contributed by atoms with van der Waals surface area (Å²) in [7, 11) is 0. The second-order valence-electron chi connectivity index (χ2n) is 4.51. The molecule has 110 valence electrons. The number of nitrogens with one attached hydrogen (secondary N) is 1. The Bertz CT molecular complexity index is 662. The number of ether oxygens (including phenoxy) is 1. The van der Waals surface area contributed by atoms with Crippen molar-refractivity contribution in [3.8, 4) is 5.75 Å². The highest BCUT2D eigenvalue weighted by atomic mass is 35.5. The van der Waals surface area contributed by atoms with Crippen LogP contribution in [0.4, 0.5) is 5.69 Å². The van der Waals surface area contributed by atoms with Gasteiger partial charge in [0.1, 0.15) is 5.75 Å². The van der Waals surface area contributed by atoms with Crippen molar-refractivity contribution in [3.63, 3.8) is 0 Å². The smallest absolute Gasteiger partial charge is 0.265 e. The van der Waals surface area contributed by atoms with Crippen molar-refractivity contribution in [1.82, 2.24) is 4.98 Å². The molecular weight excluding hydrogens is 311 g/mol. The van der Waals surface area contributed by atoms with Crippen LogP contribution in [0.1, 0.15) is 12.6 Å². The molecule has 0 fully saturated rings. The number of hydrogen-bond acceptors (Lipinski definition) is 3. The summed E-state index contributed by atoms with van der Waals surface area (Å²) >= 11 is 11.7. The van der Waals surface area contributed by atoms with Crippen molar-refractivity contribution < 1.29 is 9.53 Å².